The van der Waals surface area contributed by atoms with E-state index in [0.29, 0.717) is 12.3 Å². The van der Waals surface area contributed by atoms with Crippen LogP contribution >= 0.6 is 0 Å². The van der Waals surface area contributed by atoms with Crippen molar-refractivity contribution in [2.45, 2.75) is 12.0 Å². The van der Waals surface area contributed by atoms with Gasteiger partial charge in [-0.3, -0.25) is 4.90 Å². The topological polar surface area (TPSA) is 50.8 Å². The van der Waals surface area contributed by atoms with Crippen LogP contribution in [0.1, 0.15) is 6.42 Å². The van der Waals surface area contributed by atoms with Crippen LogP contribution in [-0.4, -0.2) is 38.4 Å². The number of benzene rings is 1. The molecule has 96 valence electrons. The van der Waals surface area contributed by atoms with Crippen LogP contribution in [-0.2, 0) is 4.74 Å². The number of hydrogen-bond acceptors (Lipinski definition) is 4. The standard InChI is InChI=1S/C13H16N2O3/c1-17-11-5-3-2-4-10(11)15-9-13(18-12(15)16)6-7-14-8-13/h2-5,14H,6-9H2,1H3. The zero-order chi connectivity index (χ0) is 12.6. The van der Waals surface area contributed by atoms with Gasteiger partial charge in [-0.2, -0.15) is 0 Å². The molecule has 2 heterocycles. The Kier molecular flexibility index (Phi) is 2.63. The van der Waals surface area contributed by atoms with Crippen molar-refractivity contribution in [2.75, 3.05) is 31.6 Å². The number of hydrogen-bond donors (Lipinski definition) is 1. The second-order valence-electron chi connectivity index (χ2n) is 4.74. The Morgan fingerprint density at radius 3 is 3.00 bits per heavy atom. The molecule has 0 bridgehead atoms. The van der Waals surface area contributed by atoms with Gasteiger partial charge in [0, 0.05) is 13.0 Å². The quantitative estimate of drug-likeness (QED) is 0.859. The lowest BCUT2D eigenvalue weighted by Gasteiger charge is -2.20. The van der Waals surface area contributed by atoms with Crippen LogP contribution in [0.25, 0.3) is 0 Å². The number of rotatable bonds is 2. The molecule has 18 heavy (non-hydrogen) atoms. The van der Waals surface area contributed by atoms with Crippen LogP contribution in [0, 0.1) is 0 Å². The zero-order valence-corrected chi connectivity index (χ0v) is 10.3. The molecule has 1 amide bonds. The fourth-order valence-corrected chi connectivity index (χ4v) is 2.60. The van der Waals surface area contributed by atoms with E-state index in [4.69, 9.17) is 9.47 Å². The smallest absolute Gasteiger partial charge is 0.415 e. The van der Waals surface area contributed by atoms with Crippen molar-refractivity contribution < 1.29 is 14.3 Å². The van der Waals surface area contributed by atoms with Gasteiger partial charge >= 0.3 is 6.09 Å². The molecule has 1 atom stereocenters. The SMILES string of the molecule is COc1ccccc1N1CC2(CCNC2)OC1=O. The van der Waals surface area contributed by atoms with Crippen molar-refractivity contribution in [1.29, 1.82) is 0 Å². The Morgan fingerprint density at radius 2 is 2.28 bits per heavy atom. The minimum absolute atomic E-state index is 0.289. The molecule has 2 aliphatic heterocycles. The van der Waals surface area contributed by atoms with Gasteiger partial charge in [0.25, 0.3) is 0 Å². The molecule has 1 N–H and O–H groups in total. The summed E-state index contributed by atoms with van der Waals surface area (Å²) in [7, 11) is 1.60. The molecule has 0 saturated carbocycles. The molecule has 0 aromatic heterocycles. The zero-order valence-electron chi connectivity index (χ0n) is 10.3. The predicted octanol–water partition coefficient (Wildman–Crippen LogP) is 1.38. The molecule has 5 heteroatoms. The van der Waals surface area contributed by atoms with Crippen molar-refractivity contribution >= 4 is 11.8 Å². The highest BCUT2D eigenvalue weighted by atomic mass is 16.6. The van der Waals surface area contributed by atoms with Crippen molar-refractivity contribution in [3.05, 3.63) is 24.3 Å². The second kappa shape index (κ2) is 4.17. The molecule has 3 rings (SSSR count). The maximum absolute atomic E-state index is 12.0. The van der Waals surface area contributed by atoms with Gasteiger partial charge in [-0.1, -0.05) is 12.1 Å². The Balaban J connectivity index is 1.91. The van der Waals surface area contributed by atoms with Gasteiger partial charge in [0.05, 0.1) is 19.3 Å². The third-order valence-corrected chi connectivity index (χ3v) is 3.55. The number of amides is 1. The van der Waals surface area contributed by atoms with E-state index in [1.807, 2.05) is 24.3 Å². The molecular weight excluding hydrogens is 232 g/mol. The average molecular weight is 248 g/mol. The van der Waals surface area contributed by atoms with Gasteiger partial charge in [-0.15, -0.1) is 0 Å². The maximum atomic E-state index is 12.0. The summed E-state index contributed by atoms with van der Waals surface area (Å²) in [6, 6.07) is 7.50. The second-order valence-corrected chi connectivity index (χ2v) is 4.74. The number of methoxy groups -OCH3 is 1. The van der Waals surface area contributed by atoms with E-state index >= 15 is 0 Å². The molecule has 1 aromatic rings. The van der Waals surface area contributed by atoms with Crippen molar-refractivity contribution in [2.24, 2.45) is 0 Å². The number of para-hydroxylation sites is 2. The molecule has 1 spiro atoms. The Bertz CT molecular complexity index is 469. The number of anilines is 1. The molecule has 0 aliphatic carbocycles. The van der Waals surface area contributed by atoms with E-state index in [9.17, 15) is 4.79 Å². The van der Waals surface area contributed by atoms with Gasteiger partial charge in [-0.25, -0.2) is 4.79 Å². The normalized spacial score (nSPS) is 26.7. The largest absolute Gasteiger partial charge is 0.495 e. The summed E-state index contributed by atoms with van der Waals surface area (Å²) in [6.45, 7) is 2.21. The molecule has 2 aliphatic rings. The molecule has 0 radical (unpaired) electrons. The summed E-state index contributed by atoms with van der Waals surface area (Å²) in [5.41, 5.74) is 0.409. The third kappa shape index (κ3) is 1.71. The van der Waals surface area contributed by atoms with E-state index in [1.165, 1.54) is 0 Å². The average Bonchev–Trinajstić information content (AvgIpc) is 2.97. The first-order chi connectivity index (χ1) is 8.74. The van der Waals surface area contributed by atoms with Crippen LogP contribution in [0.15, 0.2) is 24.3 Å². The van der Waals surface area contributed by atoms with Gasteiger partial charge < -0.3 is 14.8 Å². The lowest BCUT2D eigenvalue weighted by molar-refractivity contribution is 0.0733. The minimum Gasteiger partial charge on any atom is -0.495 e. The van der Waals surface area contributed by atoms with E-state index < -0.39 is 0 Å². The summed E-state index contributed by atoms with van der Waals surface area (Å²) < 4.78 is 10.8. The van der Waals surface area contributed by atoms with E-state index in [2.05, 4.69) is 5.32 Å². The summed E-state index contributed by atoms with van der Waals surface area (Å²) >= 11 is 0. The summed E-state index contributed by atoms with van der Waals surface area (Å²) in [6.07, 6.45) is 0.577. The summed E-state index contributed by atoms with van der Waals surface area (Å²) in [5.74, 6) is 0.692. The summed E-state index contributed by atoms with van der Waals surface area (Å²) in [5, 5.41) is 3.24. The Hall–Kier alpha value is -1.75. The minimum atomic E-state index is -0.363. The van der Waals surface area contributed by atoms with Crippen LogP contribution in [0.4, 0.5) is 10.5 Å². The number of nitrogens with one attached hydrogen (secondary N) is 1. The van der Waals surface area contributed by atoms with E-state index in [1.54, 1.807) is 12.0 Å². The fourth-order valence-electron chi connectivity index (χ4n) is 2.60. The molecule has 2 saturated heterocycles. The number of carbonyl (C=O) groups is 1. The highest BCUT2D eigenvalue weighted by Crippen LogP contribution is 2.36. The van der Waals surface area contributed by atoms with Crippen molar-refractivity contribution in [1.82, 2.24) is 5.32 Å². The van der Waals surface area contributed by atoms with Crippen LogP contribution in [0.3, 0.4) is 0 Å². The van der Waals surface area contributed by atoms with Gasteiger partial charge in [0.15, 0.2) is 0 Å². The molecule has 1 aromatic carbocycles. The van der Waals surface area contributed by atoms with E-state index in [-0.39, 0.29) is 11.7 Å². The molecule has 5 nitrogen and oxygen atoms in total. The Labute approximate surface area is 106 Å². The summed E-state index contributed by atoms with van der Waals surface area (Å²) in [4.78, 5) is 13.7. The molecular formula is C13H16N2O3. The highest BCUT2D eigenvalue weighted by Gasteiger charge is 2.48. The number of nitrogens with zero attached hydrogens (tertiary/aromatic N) is 1. The third-order valence-electron chi connectivity index (χ3n) is 3.55. The van der Waals surface area contributed by atoms with Gasteiger partial charge in [0.1, 0.15) is 11.4 Å². The fraction of sp³-hybridized carbons (Fsp3) is 0.462. The van der Waals surface area contributed by atoms with Crippen LogP contribution in [0.5, 0.6) is 5.75 Å². The van der Waals surface area contributed by atoms with Crippen LogP contribution < -0.4 is 15.0 Å². The first-order valence-electron chi connectivity index (χ1n) is 6.08. The first kappa shape index (κ1) is 11.3. The molecule has 1 unspecified atom stereocenters. The number of ether oxygens (including phenoxy) is 2. The highest BCUT2D eigenvalue weighted by molar-refractivity contribution is 5.92. The Morgan fingerprint density at radius 1 is 1.44 bits per heavy atom. The molecule has 2 fully saturated rings. The van der Waals surface area contributed by atoms with Gasteiger partial charge in [-0.05, 0) is 18.7 Å². The first-order valence-corrected chi connectivity index (χ1v) is 6.08. The van der Waals surface area contributed by atoms with Gasteiger partial charge in [0.2, 0.25) is 0 Å². The monoisotopic (exact) mass is 248 g/mol. The maximum Gasteiger partial charge on any atom is 0.415 e. The van der Waals surface area contributed by atoms with Crippen molar-refractivity contribution in [3.63, 3.8) is 0 Å². The number of carbonyl (C=O) groups excluding carboxylic acids is 1. The lowest BCUT2D eigenvalue weighted by atomic mass is 10.0. The lowest BCUT2D eigenvalue weighted by Crippen LogP contribution is -2.36. The van der Waals surface area contributed by atoms with Crippen LogP contribution in [0.2, 0.25) is 0 Å². The van der Waals surface area contributed by atoms with E-state index in [0.717, 1.165) is 25.2 Å². The predicted molar refractivity (Wildman–Crippen MR) is 67.0 cm³/mol. The van der Waals surface area contributed by atoms with Crippen molar-refractivity contribution in [3.8, 4) is 5.75 Å².